The average molecular weight is 274 g/mol. The second-order valence-corrected chi connectivity index (χ2v) is 4.41. The van der Waals surface area contributed by atoms with Crippen LogP contribution in [-0.4, -0.2) is 32.0 Å². The Hall–Kier alpha value is -0.970. The molecular weight excluding hydrogens is 254 g/mol. The summed E-state index contributed by atoms with van der Waals surface area (Å²) in [5, 5.41) is 13.0. The zero-order valence-electron chi connectivity index (χ0n) is 11.0. The van der Waals surface area contributed by atoms with Gasteiger partial charge in [-0.15, -0.1) is 0 Å². The van der Waals surface area contributed by atoms with E-state index in [1.165, 1.54) is 0 Å². The molecule has 0 radical (unpaired) electrons. The second-order valence-electron chi connectivity index (χ2n) is 3.97. The number of halogens is 1. The van der Waals surface area contributed by atoms with Gasteiger partial charge in [-0.25, -0.2) is 0 Å². The minimum absolute atomic E-state index is 0.0692. The molecule has 2 N–H and O–H groups in total. The summed E-state index contributed by atoms with van der Waals surface area (Å²) < 4.78 is 10.6. The summed E-state index contributed by atoms with van der Waals surface area (Å²) in [6.45, 7) is 2.69. The van der Waals surface area contributed by atoms with E-state index in [9.17, 15) is 0 Å². The number of hydrogen-bond donors (Lipinski definition) is 2. The van der Waals surface area contributed by atoms with Crippen LogP contribution in [-0.2, 0) is 6.54 Å². The Bertz CT molecular complexity index is 381. The molecule has 0 aliphatic heterocycles. The first-order chi connectivity index (χ1) is 8.65. The molecule has 0 aromatic heterocycles. The fraction of sp³-hybridized carbons (Fsp3) is 0.538. The number of aliphatic hydroxyl groups excluding tert-OH is 1. The fourth-order valence-electron chi connectivity index (χ4n) is 1.73. The zero-order valence-corrected chi connectivity index (χ0v) is 11.8. The molecule has 4 nitrogen and oxygen atoms in total. The monoisotopic (exact) mass is 273 g/mol. The topological polar surface area (TPSA) is 50.7 Å². The van der Waals surface area contributed by atoms with Crippen LogP contribution in [0.3, 0.4) is 0 Å². The Kier molecular flexibility index (Phi) is 6.25. The third-order valence-electron chi connectivity index (χ3n) is 2.81. The van der Waals surface area contributed by atoms with E-state index in [-0.39, 0.29) is 12.6 Å². The third kappa shape index (κ3) is 3.77. The van der Waals surface area contributed by atoms with Gasteiger partial charge in [0.25, 0.3) is 0 Å². The van der Waals surface area contributed by atoms with Crippen molar-refractivity contribution in [3.05, 3.63) is 22.7 Å². The van der Waals surface area contributed by atoms with Gasteiger partial charge in [0.1, 0.15) is 0 Å². The Morgan fingerprint density at radius 1 is 1.33 bits per heavy atom. The predicted octanol–water partition coefficient (Wildman–Crippen LogP) is 2.22. The molecule has 18 heavy (non-hydrogen) atoms. The van der Waals surface area contributed by atoms with Crippen LogP contribution in [0.5, 0.6) is 11.5 Å². The van der Waals surface area contributed by atoms with Crippen LogP contribution < -0.4 is 14.8 Å². The molecule has 1 aromatic carbocycles. The summed E-state index contributed by atoms with van der Waals surface area (Å²) in [7, 11) is 3.17. The SMILES string of the molecule is CC[C@@H](CO)NCc1cc(Cl)cc(OC)c1OC. The predicted molar refractivity (Wildman–Crippen MR) is 72.6 cm³/mol. The standard InChI is InChI=1S/C13H20ClNO3/c1-4-11(8-16)15-7-9-5-10(14)6-12(17-2)13(9)18-3/h5-6,11,15-16H,4,7-8H2,1-3H3/t11-/m0/s1. The van der Waals surface area contributed by atoms with E-state index in [0.29, 0.717) is 23.1 Å². The van der Waals surface area contributed by atoms with E-state index in [4.69, 9.17) is 26.2 Å². The molecule has 0 amide bonds. The first-order valence-electron chi connectivity index (χ1n) is 5.90. The molecule has 102 valence electrons. The smallest absolute Gasteiger partial charge is 0.165 e. The van der Waals surface area contributed by atoms with Crippen LogP contribution in [0, 0.1) is 0 Å². The number of ether oxygens (including phenoxy) is 2. The van der Waals surface area contributed by atoms with Gasteiger partial charge in [-0.05, 0) is 12.5 Å². The molecular formula is C13H20ClNO3. The summed E-state index contributed by atoms with van der Waals surface area (Å²) >= 11 is 6.03. The summed E-state index contributed by atoms with van der Waals surface area (Å²) in [5.74, 6) is 1.28. The van der Waals surface area contributed by atoms with Crippen LogP contribution in [0.2, 0.25) is 5.02 Å². The Labute approximate surface area is 113 Å². The maximum Gasteiger partial charge on any atom is 0.165 e. The maximum atomic E-state index is 9.14. The molecule has 1 atom stereocenters. The Balaban J connectivity index is 2.89. The van der Waals surface area contributed by atoms with Gasteiger partial charge < -0.3 is 19.9 Å². The Morgan fingerprint density at radius 2 is 2.06 bits per heavy atom. The highest BCUT2D eigenvalue weighted by Gasteiger charge is 2.13. The number of benzene rings is 1. The molecule has 0 saturated carbocycles. The molecule has 0 spiro atoms. The number of hydrogen-bond acceptors (Lipinski definition) is 4. The normalized spacial score (nSPS) is 12.3. The van der Waals surface area contributed by atoms with E-state index < -0.39 is 0 Å². The van der Waals surface area contributed by atoms with Crippen LogP contribution in [0.25, 0.3) is 0 Å². The molecule has 0 bridgehead atoms. The highest BCUT2D eigenvalue weighted by molar-refractivity contribution is 6.30. The van der Waals surface area contributed by atoms with E-state index >= 15 is 0 Å². The molecule has 1 aromatic rings. The van der Waals surface area contributed by atoms with Crippen LogP contribution in [0.1, 0.15) is 18.9 Å². The molecule has 1 rings (SSSR count). The average Bonchev–Trinajstić information content (AvgIpc) is 2.39. The first kappa shape index (κ1) is 15.1. The van der Waals surface area contributed by atoms with Crippen molar-refractivity contribution in [3.8, 4) is 11.5 Å². The molecule has 0 saturated heterocycles. The lowest BCUT2D eigenvalue weighted by Crippen LogP contribution is -2.31. The maximum absolute atomic E-state index is 9.14. The fourth-order valence-corrected chi connectivity index (χ4v) is 1.96. The molecule has 0 unspecified atom stereocenters. The van der Waals surface area contributed by atoms with Crippen molar-refractivity contribution in [1.29, 1.82) is 0 Å². The Morgan fingerprint density at radius 3 is 2.56 bits per heavy atom. The van der Waals surface area contributed by atoms with E-state index in [2.05, 4.69) is 5.32 Å². The van der Waals surface area contributed by atoms with Gasteiger partial charge in [0, 0.05) is 29.2 Å². The van der Waals surface area contributed by atoms with Gasteiger partial charge in [-0.2, -0.15) is 0 Å². The van der Waals surface area contributed by atoms with Gasteiger partial charge in [0.15, 0.2) is 11.5 Å². The highest BCUT2D eigenvalue weighted by atomic mass is 35.5. The first-order valence-corrected chi connectivity index (χ1v) is 6.28. The van der Waals surface area contributed by atoms with Crippen LogP contribution >= 0.6 is 11.6 Å². The highest BCUT2D eigenvalue weighted by Crippen LogP contribution is 2.34. The van der Waals surface area contributed by atoms with Gasteiger partial charge >= 0.3 is 0 Å². The van der Waals surface area contributed by atoms with Crippen LogP contribution in [0.15, 0.2) is 12.1 Å². The van der Waals surface area contributed by atoms with Crippen molar-refractivity contribution in [2.24, 2.45) is 0 Å². The molecule has 0 aliphatic carbocycles. The second kappa shape index (κ2) is 7.46. The van der Waals surface area contributed by atoms with Gasteiger partial charge in [0.2, 0.25) is 0 Å². The summed E-state index contributed by atoms with van der Waals surface area (Å²) in [6.07, 6.45) is 0.858. The van der Waals surface area contributed by atoms with Crippen molar-refractivity contribution in [2.45, 2.75) is 25.9 Å². The molecule has 5 heteroatoms. The zero-order chi connectivity index (χ0) is 13.5. The quantitative estimate of drug-likeness (QED) is 0.800. The lowest BCUT2D eigenvalue weighted by atomic mass is 10.1. The van der Waals surface area contributed by atoms with Crippen molar-refractivity contribution in [3.63, 3.8) is 0 Å². The number of nitrogens with one attached hydrogen (secondary N) is 1. The van der Waals surface area contributed by atoms with Crippen molar-refractivity contribution in [2.75, 3.05) is 20.8 Å². The minimum atomic E-state index is 0.0692. The minimum Gasteiger partial charge on any atom is -0.493 e. The van der Waals surface area contributed by atoms with E-state index in [1.807, 2.05) is 13.0 Å². The lowest BCUT2D eigenvalue weighted by molar-refractivity contribution is 0.237. The largest absolute Gasteiger partial charge is 0.493 e. The van der Waals surface area contributed by atoms with Gasteiger partial charge in [0.05, 0.1) is 20.8 Å². The number of rotatable bonds is 7. The van der Waals surface area contributed by atoms with Gasteiger partial charge in [-0.3, -0.25) is 0 Å². The molecule has 0 heterocycles. The van der Waals surface area contributed by atoms with E-state index in [0.717, 1.165) is 12.0 Å². The number of aliphatic hydroxyl groups is 1. The van der Waals surface area contributed by atoms with E-state index in [1.54, 1.807) is 20.3 Å². The molecule has 0 fully saturated rings. The summed E-state index contributed by atoms with van der Waals surface area (Å²) in [5.41, 5.74) is 0.911. The summed E-state index contributed by atoms with van der Waals surface area (Å²) in [4.78, 5) is 0. The van der Waals surface area contributed by atoms with Crippen molar-refractivity contribution in [1.82, 2.24) is 5.32 Å². The molecule has 0 aliphatic rings. The van der Waals surface area contributed by atoms with Gasteiger partial charge in [-0.1, -0.05) is 18.5 Å². The lowest BCUT2D eigenvalue weighted by Gasteiger charge is -2.17. The third-order valence-corrected chi connectivity index (χ3v) is 3.03. The number of methoxy groups -OCH3 is 2. The summed E-state index contributed by atoms with van der Waals surface area (Å²) in [6, 6.07) is 3.62. The van der Waals surface area contributed by atoms with Crippen LogP contribution in [0.4, 0.5) is 0 Å². The van der Waals surface area contributed by atoms with Crippen molar-refractivity contribution < 1.29 is 14.6 Å². The van der Waals surface area contributed by atoms with Crippen molar-refractivity contribution >= 4 is 11.6 Å².